The zero-order chi connectivity index (χ0) is 12.1. The van der Waals surface area contributed by atoms with E-state index < -0.39 is 5.60 Å². The van der Waals surface area contributed by atoms with Crippen LogP contribution in [-0.4, -0.2) is 17.3 Å². The quantitative estimate of drug-likeness (QED) is 0.866. The number of benzene rings is 1. The van der Waals surface area contributed by atoms with Crippen LogP contribution in [0.25, 0.3) is 0 Å². The smallest absolute Gasteiger partial charge is 0.119 e. The lowest BCUT2D eigenvalue weighted by molar-refractivity contribution is -0.0339. The molecule has 0 bridgehead atoms. The minimum absolute atomic E-state index is 0.431. The molecule has 0 amide bonds. The van der Waals surface area contributed by atoms with Gasteiger partial charge in [-0.1, -0.05) is 38.3 Å². The van der Waals surface area contributed by atoms with Crippen LogP contribution in [0.4, 0.5) is 0 Å². The van der Waals surface area contributed by atoms with Crippen LogP contribution in [0.2, 0.25) is 0 Å². The third-order valence-corrected chi connectivity index (χ3v) is 3.60. The molecule has 0 saturated heterocycles. The van der Waals surface area contributed by atoms with E-state index in [9.17, 15) is 5.11 Å². The fourth-order valence-corrected chi connectivity index (χ4v) is 2.43. The second-order valence-electron chi connectivity index (χ2n) is 5.07. The Morgan fingerprint density at radius 1 is 1.24 bits per heavy atom. The number of aryl methyl sites for hydroxylation is 1. The summed E-state index contributed by atoms with van der Waals surface area (Å²) in [4.78, 5) is 0. The SMILES string of the molecule is CCc1cccc(OCC2(O)CCCCC2)c1. The molecule has 2 heteroatoms. The van der Waals surface area contributed by atoms with Gasteiger partial charge in [0.05, 0.1) is 5.60 Å². The summed E-state index contributed by atoms with van der Waals surface area (Å²) in [6.07, 6.45) is 6.25. The van der Waals surface area contributed by atoms with Crippen LogP contribution in [0.3, 0.4) is 0 Å². The Bertz CT molecular complexity index is 354. The van der Waals surface area contributed by atoms with Crippen molar-refractivity contribution in [1.82, 2.24) is 0 Å². The number of aliphatic hydroxyl groups is 1. The maximum atomic E-state index is 10.3. The summed E-state index contributed by atoms with van der Waals surface area (Å²) >= 11 is 0. The maximum Gasteiger partial charge on any atom is 0.119 e. The molecule has 0 unspecified atom stereocenters. The molecule has 0 atom stereocenters. The van der Waals surface area contributed by atoms with Crippen LogP contribution in [0.15, 0.2) is 24.3 Å². The van der Waals surface area contributed by atoms with E-state index >= 15 is 0 Å². The van der Waals surface area contributed by atoms with Crippen LogP contribution in [-0.2, 0) is 6.42 Å². The second-order valence-corrected chi connectivity index (χ2v) is 5.07. The van der Waals surface area contributed by atoms with E-state index in [1.807, 2.05) is 12.1 Å². The predicted molar refractivity (Wildman–Crippen MR) is 69.3 cm³/mol. The number of hydrogen-bond donors (Lipinski definition) is 1. The lowest BCUT2D eigenvalue weighted by Gasteiger charge is -2.31. The molecule has 1 aromatic carbocycles. The molecule has 17 heavy (non-hydrogen) atoms. The van der Waals surface area contributed by atoms with Crippen molar-refractivity contribution in [2.45, 2.75) is 51.0 Å². The Kier molecular flexibility index (Phi) is 4.06. The van der Waals surface area contributed by atoms with Gasteiger partial charge < -0.3 is 9.84 Å². The van der Waals surface area contributed by atoms with Crippen molar-refractivity contribution >= 4 is 0 Å². The monoisotopic (exact) mass is 234 g/mol. The summed E-state index contributed by atoms with van der Waals surface area (Å²) < 4.78 is 5.74. The minimum atomic E-state index is -0.597. The summed E-state index contributed by atoms with van der Waals surface area (Å²) in [5.41, 5.74) is 0.679. The first-order valence-electron chi connectivity index (χ1n) is 6.66. The third-order valence-electron chi connectivity index (χ3n) is 3.60. The Balaban J connectivity index is 1.92. The van der Waals surface area contributed by atoms with E-state index in [0.29, 0.717) is 6.61 Å². The fourth-order valence-electron chi connectivity index (χ4n) is 2.43. The lowest BCUT2D eigenvalue weighted by atomic mass is 9.85. The topological polar surface area (TPSA) is 29.5 Å². The molecule has 1 aliphatic carbocycles. The van der Waals surface area contributed by atoms with E-state index in [1.54, 1.807) is 0 Å². The molecular weight excluding hydrogens is 212 g/mol. The van der Waals surface area contributed by atoms with Crippen molar-refractivity contribution in [3.05, 3.63) is 29.8 Å². The molecular formula is C15H22O2. The molecule has 1 fully saturated rings. The largest absolute Gasteiger partial charge is 0.491 e. The molecule has 0 aromatic heterocycles. The highest BCUT2D eigenvalue weighted by molar-refractivity contribution is 5.28. The zero-order valence-electron chi connectivity index (χ0n) is 10.6. The van der Waals surface area contributed by atoms with Gasteiger partial charge in [-0.05, 0) is 37.0 Å². The first-order valence-corrected chi connectivity index (χ1v) is 6.66. The second kappa shape index (κ2) is 5.54. The van der Waals surface area contributed by atoms with Crippen LogP contribution < -0.4 is 4.74 Å². The Morgan fingerprint density at radius 3 is 2.71 bits per heavy atom. The normalized spacial score (nSPS) is 18.9. The van der Waals surface area contributed by atoms with E-state index in [4.69, 9.17) is 4.74 Å². The molecule has 1 aliphatic rings. The Hall–Kier alpha value is -1.02. The number of ether oxygens (including phenoxy) is 1. The van der Waals surface area contributed by atoms with E-state index in [1.165, 1.54) is 12.0 Å². The highest BCUT2D eigenvalue weighted by Gasteiger charge is 2.29. The summed E-state index contributed by atoms with van der Waals surface area (Å²) in [6, 6.07) is 8.14. The van der Waals surface area contributed by atoms with Crippen LogP contribution in [0, 0.1) is 0 Å². The van der Waals surface area contributed by atoms with Gasteiger partial charge in [0.1, 0.15) is 12.4 Å². The first kappa shape index (κ1) is 12.4. The molecule has 1 N–H and O–H groups in total. The molecule has 1 saturated carbocycles. The van der Waals surface area contributed by atoms with Gasteiger partial charge in [-0.25, -0.2) is 0 Å². The molecule has 1 aromatic rings. The van der Waals surface area contributed by atoms with Crippen molar-refractivity contribution in [1.29, 1.82) is 0 Å². The van der Waals surface area contributed by atoms with Crippen molar-refractivity contribution in [2.75, 3.05) is 6.61 Å². The van der Waals surface area contributed by atoms with Gasteiger partial charge in [0, 0.05) is 0 Å². The molecule has 0 radical (unpaired) electrons. The highest BCUT2D eigenvalue weighted by atomic mass is 16.5. The van der Waals surface area contributed by atoms with Crippen LogP contribution in [0.1, 0.15) is 44.6 Å². The van der Waals surface area contributed by atoms with Gasteiger partial charge in [0.2, 0.25) is 0 Å². The molecule has 94 valence electrons. The molecule has 0 aliphatic heterocycles. The van der Waals surface area contributed by atoms with Crippen LogP contribution >= 0.6 is 0 Å². The van der Waals surface area contributed by atoms with Gasteiger partial charge in [-0.15, -0.1) is 0 Å². The van der Waals surface area contributed by atoms with Crippen molar-refractivity contribution in [3.63, 3.8) is 0 Å². The van der Waals surface area contributed by atoms with E-state index in [2.05, 4.69) is 19.1 Å². The molecule has 2 nitrogen and oxygen atoms in total. The number of hydrogen-bond acceptors (Lipinski definition) is 2. The van der Waals surface area contributed by atoms with Crippen molar-refractivity contribution < 1.29 is 9.84 Å². The fraction of sp³-hybridized carbons (Fsp3) is 0.600. The summed E-state index contributed by atoms with van der Waals surface area (Å²) in [6.45, 7) is 2.56. The van der Waals surface area contributed by atoms with Gasteiger partial charge in [-0.2, -0.15) is 0 Å². The van der Waals surface area contributed by atoms with E-state index in [-0.39, 0.29) is 0 Å². The molecule has 0 spiro atoms. The summed E-state index contributed by atoms with van der Waals surface area (Å²) in [7, 11) is 0. The molecule has 2 rings (SSSR count). The Morgan fingerprint density at radius 2 is 2.00 bits per heavy atom. The van der Waals surface area contributed by atoms with E-state index in [0.717, 1.165) is 37.9 Å². The minimum Gasteiger partial charge on any atom is -0.491 e. The average Bonchev–Trinajstić information content (AvgIpc) is 2.38. The van der Waals surface area contributed by atoms with Gasteiger partial charge in [-0.3, -0.25) is 0 Å². The highest BCUT2D eigenvalue weighted by Crippen LogP contribution is 2.28. The lowest BCUT2D eigenvalue weighted by Crippen LogP contribution is -2.37. The van der Waals surface area contributed by atoms with Crippen LogP contribution in [0.5, 0.6) is 5.75 Å². The predicted octanol–water partition coefficient (Wildman–Crippen LogP) is 3.32. The number of rotatable bonds is 4. The van der Waals surface area contributed by atoms with Gasteiger partial charge >= 0.3 is 0 Å². The Labute approximate surface area is 104 Å². The summed E-state index contributed by atoms with van der Waals surface area (Å²) in [5, 5.41) is 10.3. The standard InChI is InChI=1S/C15H22O2/c1-2-13-7-6-8-14(11-13)17-12-15(16)9-4-3-5-10-15/h6-8,11,16H,2-5,9-10,12H2,1H3. The maximum absolute atomic E-state index is 10.3. The van der Waals surface area contributed by atoms with Crippen molar-refractivity contribution in [3.8, 4) is 5.75 Å². The van der Waals surface area contributed by atoms with Crippen molar-refractivity contribution in [2.24, 2.45) is 0 Å². The summed E-state index contributed by atoms with van der Waals surface area (Å²) in [5.74, 6) is 0.878. The zero-order valence-corrected chi connectivity index (χ0v) is 10.6. The van der Waals surface area contributed by atoms with Gasteiger partial charge in [0.25, 0.3) is 0 Å². The third kappa shape index (κ3) is 3.47. The molecule has 0 heterocycles. The average molecular weight is 234 g/mol. The first-order chi connectivity index (χ1) is 8.22. The van der Waals surface area contributed by atoms with Gasteiger partial charge in [0.15, 0.2) is 0 Å².